The number of aromatic nitrogens is 1. The van der Waals surface area contributed by atoms with Gasteiger partial charge in [0.25, 0.3) is 11.5 Å². The van der Waals surface area contributed by atoms with E-state index in [2.05, 4.69) is 10.3 Å². The molecule has 0 bridgehead atoms. The molecule has 1 heterocycles. The maximum absolute atomic E-state index is 12.8. The Morgan fingerprint density at radius 3 is 2.64 bits per heavy atom. The van der Waals surface area contributed by atoms with Crippen molar-refractivity contribution in [2.45, 2.75) is 18.9 Å². The van der Waals surface area contributed by atoms with E-state index in [1.54, 1.807) is 38.5 Å². The lowest BCUT2D eigenvalue weighted by molar-refractivity contribution is 0.0932. The highest BCUT2D eigenvalue weighted by molar-refractivity contribution is 6.02. The first-order valence-electron chi connectivity index (χ1n) is 8.93. The minimum absolute atomic E-state index is 0.285. The second kappa shape index (κ2) is 6.92. The molecule has 1 aliphatic rings. The lowest BCUT2D eigenvalue weighted by Gasteiger charge is -2.16. The summed E-state index contributed by atoms with van der Waals surface area (Å²) in [5.41, 5.74) is 1.54. The standard InChI is InChI=1S/C21H20N2O5/c1-27-16-9-11-7-8-15(13(11)10-17(16)28-2)23-21(26)18-19(24)12-5-3-4-6-14(12)22-20(18)25/h3-6,9-10,15H,7-8H2,1-2H3,(H,23,26)(H2,22,24,25)/t15-/m1/s1. The van der Waals surface area contributed by atoms with Crippen LogP contribution >= 0.6 is 0 Å². The average molecular weight is 380 g/mol. The van der Waals surface area contributed by atoms with Crippen LogP contribution in [-0.2, 0) is 6.42 Å². The minimum Gasteiger partial charge on any atom is -0.506 e. The number of para-hydroxylation sites is 1. The van der Waals surface area contributed by atoms with Crippen LogP contribution in [0.5, 0.6) is 17.2 Å². The summed E-state index contributed by atoms with van der Waals surface area (Å²) in [7, 11) is 3.13. The van der Waals surface area contributed by atoms with Gasteiger partial charge in [-0.3, -0.25) is 9.59 Å². The van der Waals surface area contributed by atoms with Crippen LogP contribution in [0.15, 0.2) is 41.2 Å². The molecule has 2 aromatic carbocycles. The van der Waals surface area contributed by atoms with Gasteiger partial charge in [0.05, 0.1) is 25.8 Å². The molecule has 0 radical (unpaired) electrons. The van der Waals surface area contributed by atoms with E-state index in [1.165, 1.54) is 0 Å². The number of aromatic hydroxyl groups is 1. The number of pyridine rings is 1. The number of amides is 1. The lowest BCUT2D eigenvalue weighted by atomic mass is 10.1. The third kappa shape index (κ3) is 2.85. The van der Waals surface area contributed by atoms with E-state index >= 15 is 0 Å². The molecular formula is C21H20N2O5. The molecule has 0 unspecified atom stereocenters. The van der Waals surface area contributed by atoms with Crippen LogP contribution in [0.4, 0.5) is 0 Å². The van der Waals surface area contributed by atoms with Gasteiger partial charge < -0.3 is 24.9 Å². The van der Waals surface area contributed by atoms with Crippen LogP contribution < -0.4 is 20.3 Å². The van der Waals surface area contributed by atoms with Gasteiger partial charge in [0.2, 0.25) is 0 Å². The summed E-state index contributed by atoms with van der Waals surface area (Å²) >= 11 is 0. The van der Waals surface area contributed by atoms with Gasteiger partial charge >= 0.3 is 0 Å². The van der Waals surface area contributed by atoms with Crippen LogP contribution in [-0.4, -0.2) is 30.2 Å². The topological polar surface area (TPSA) is 101 Å². The number of fused-ring (bicyclic) bond motifs is 2. The van der Waals surface area contributed by atoms with Gasteiger partial charge in [-0.1, -0.05) is 12.1 Å². The lowest BCUT2D eigenvalue weighted by Crippen LogP contribution is -2.32. The summed E-state index contributed by atoms with van der Waals surface area (Å²) in [6, 6.07) is 10.3. The summed E-state index contributed by atoms with van der Waals surface area (Å²) in [6.45, 7) is 0. The van der Waals surface area contributed by atoms with Crippen molar-refractivity contribution in [3.8, 4) is 17.2 Å². The molecule has 1 atom stereocenters. The number of benzene rings is 2. The summed E-state index contributed by atoms with van der Waals surface area (Å²) < 4.78 is 10.7. The fraction of sp³-hybridized carbons (Fsp3) is 0.238. The number of aryl methyl sites for hydroxylation is 1. The monoisotopic (exact) mass is 380 g/mol. The number of H-pyrrole nitrogens is 1. The molecule has 4 rings (SSSR count). The first kappa shape index (κ1) is 17.9. The molecule has 1 aromatic heterocycles. The smallest absolute Gasteiger partial charge is 0.265 e. The van der Waals surface area contributed by atoms with Crippen molar-refractivity contribution >= 4 is 16.8 Å². The number of methoxy groups -OCH3 is 2. The number of carbonyl (C=O) groups excluding carboxylic acids is 1. The maximum atomic E-state index is 12.8. The molecule has 7 heteroatoms. The van der Waals surface area contributed by atoms with Gasteiger partial charge in [0, 0.05) is 5.39 Å². The largest absolute Gasteiger partial charge is 0.506 e. The molecule has 0 saturated carbocycles. The van der Waals surface area contributed by atoms with Crippen LogP contribution in [0, 0.1) is 0 Å². The van der Waals surface area contributed by atoms with Crippen molar-refractivity contribution < 1.29 is 19.4 Å². The van der Waals surface area contributed by atoms with Crippen LogP contribution in [0.1, 0.15) is 33.9 Å². The average Bonchev–Trinajstić information content (AvgIpc) is 3.08. The van der Waals surface area contributed by atoms with Crippen molar-refractivity contribution in [2.24, 2.45) is 0 Å². The minimum atomic E-state index is -0.626. The van der Waals surface area contributed by atoms with Crippen molar-refractivity contribution in [1.29, 1.82) is 0 Å². The molecule has 28 heavy (non-hydrogen) atoms. The first-order chi connectivity index (χ1) is 13.5. The second-order valence-corrected chi connectivity index (χ2v) is 6.69. The summed E-state index contributed by atoms with van der Waals surface area (Å²) in [6.07, 6.45) is 1.45. The van der Waals surface area contributed by atoms with Crippen molar-refractivity contribution in [3.05, 3.63) is 63.4 Å². The molecule has 0 aliphatic heterocycles. The Balaban J connectivity index is 1.68. The van der Waals surface area contributed by atoms with Gasteiger partial charge in [0.15, 0.2) is 11.5 Å². The van der Waals surface area contributed by atoms with Crippen LogP contribution in [0.25, 0.3) is 10.9 Å². The van der Waals surface area contributed by atoms with E-state index in [0.29, 0.717) is 28.8 Å². The van der Waals surface area contributed by atoms with E-state index in [1.807, 2.05) is 12.1 Å². The zero-order valence-corrected chi connectivity index (χ0v) is 15.5. The van der Waals surface area contributed by atoms with E-state index in [-0.39, 0.29) is 17.4 Å². The highest BCUT2D eigenvalue weighted by Gasteiger charge is 2.28. The van der Waals surface area contributed by atoms with E-state index in [4.69, 9.17) is 9.47 Å². The molecule has 0 fully saturated rings. The fourth-order valence-electron chi connectivity index (χ4n) is 3.75. The summed E-state index contributed by atoms with van der Waals surface area (Å²) in [5, 5.41) is 13.8. The van der Waals surface area contributed by atoms with E-state index in [0.717, 1.165) is 17.5 Å². The normalized spacial score (nSPS) is 15.3. The molecule has 3 aromatic rings. The molecule has 3 N–H and O–H groups in total. The molecule has 144 valence electrons. The van der Waals surface area contributed by atoms with Crippen LogP contribution in [0.2, 0.25) is 0 Å². The summed E-state index contributed by atoms with van der Waals surface area (Å²) in [5.74, 6) is 0.283. The van der Waals surface area contributed by atoms with Gasteiger partial charge in [0.1, 0.15) is 11.3 Å². The highest BCUT2D eigenvalue weighted by Crippen LogP contribution is 2.39. The molecular weight excluding hydrogens is 360 g/mol. The van der Waals surface area contributed by atoms with Crippen molar-refractivity contribution in [2.75, 3.05) is 14.2 Å². The number of carbonyl (C=O) groups is 1. The number of hydrogen-bond donors (Lipinski definition) is 3. The highest BCUT2D eigenvalue weighted by atomic mass is 16.5. The molecule has 1 aliphatic carbocycles. The zero-order chi connectivity index (χ0) is 19.8. The Labute approximate surface area is 160 Å². The molecule has 1 amide bonds. The Kier molecular flexibility index (Phi) is 4.43. The third-order valence-electron chi connectivity index (χ3n) is 5.15. The number of rotatable bonds is 4. The van der Waals surface area contributed by atoms with E-state index in [9.17, 15) is 14.7 Å². The Hall–Kier alpha value is -3.48. The Bertz CT molecular complexity index is 1140. The Morgan fingerprint density at radius 2 is 1.89 bits per heavy atom. The number of nitrogens with one attached hydrogen (secondary N) is 2. The van der Waals surface area contributed by atoms with Gasteiger partial charge in [-0.25, -0.2) is 0 Å². The quantitative estimate of drug-likeness (QED) is 0.646. The SMILES string of the molecule is COc1cc2c(cc1OC)[C@H](NC(=O)c1c(O)c3ccccc3[nH]c1=O)CC2. The molecule has 0 spiro atoms. The fourth-order valence-corrected chi connectivity index (χ4v) is 3.75. The van der Waals surface area contributed by atoms with Gasteiger partial charge in [-0.2, -0.15) is 0 Å². The predicted octanol–water partition coefficient (Wildman–Crippen LogP) is 2.67. The van der Waals surface area contributed by atoms with Crippen molar-refractivity contribution in [1.82, 2.24) is 10.3 Å². The zero-order valence-electron chi connectivity index (χ0n) is 15.5. The van der Waals surface area contributed by atoms with Crippen molar-refractivity contribution in [3.63, 3.8) is 0 Å². The predicted molar refractivity (Wildman–Crippen MR) is 104 cm³/mol. The van der Waals surface area contributed by atoms with Gasteiger partial charge in [-0.05, 0) is 48.2 Å². The molecule has 0 saturated heterocycles. The number of hydrogen-bond acceptors (Lipinski definition) is 5. The maximum Gasteiger partial charge on any atom is 0.265 e. The number of ether oxygens (including phenoxy) is 2. The summed E-state index contributed by atoms with van der Waals surface area (Å²) in [4.78, 5) is 27.9. The number of aromatic amines is 1. The first-order valence-corrected chi connectivity index (χ1v) is 8.93. The third-order valence-corrected chi connectivity index (χ3v) is 5.15. The Morgan fingerprint density at radius 1 is 1.18 bits per heavy atom. The van der Waals surface area contributed by atoms with E-state index < -0.39 is 11.5 Å². The van der Waals surface area contributed by atoms with Crippen LogP contribution in [0.3, 0.4) is 0 Å². The van der Waals surface area contributed by atoms with Gasteiger partial charge in [-0.15, -0.1) is 0 Å². The second-order valence-electron chi connectivity index (χ2n) is 6.69. The molecule has 7 nitrogen and oxygen atoms in total.